The normalized spacial score (nSPS) is 20.0. The summed E-state index contributed by atoms with van der Waals surface area (Å²) in [5.74, 6) is 1.13. The van der Waals surface area contributed by atoms with Crippen LogP contribution >= 0.6 is 22.7 Å². The minimum absolute atomic E-state index is 0.0772. The molecule has 0 aliphatic carbocycles. The fraction of sp³-hybridized carbons (Fsp3) is 0.524. The maximum atomic E-state index is 12.8. The Morgan fingerprint density at radius 1 is 1.27 bits per heavy atom. The van der Waals surface area contributed by atoms with Crippen molar-refractivity contribution in [2.75, 3.05) is 18.4 Å². The van der Waals surface area contributed by atoms with Crippen LogP contribution in [0.4, 0.5) is 5.13 Å². The Labute approximate surface area is 183 Å². The topological polar surface area (TPSA) is 80.1 Å². The first-order valence-electron chi connectivity index (χ1n) is 10.2. The quantitative estimate of drug-likeness (QED) is 0.648. The molecule has 160 valence electrons. The summed E-state index contributed by atoms with van der Waals surface area (Å²) in [6.45, 7) is 11.4. The number of amides is 1. The molecule has 30 heavy (non-hydrogen) atoms. The van der Waals surface area contributed by atoms with Crippen LogP contribution in [0.1, 0.15) is 36.4 Å². The van der Waals surface area contributed by atoms with Gasteiger partial charge in [0.15, 0.2) is 5.13 Å². The standard InChI is InChI=1S/C21H27N5O2S2/c1-12-5-13(2)7-25(6-12)8-16-10-29-21(23-16)24-17(27)9-26-11-22-19-18(20(26)28)14(3)15(4)30-19/h10-13H,5-9H2,1-4H3,(H,23,24,27)/t12-,13-/m0/s1. The second-order valence-corrected chi connectivity index (χ2v) is 10.5. The average Bonchev–Trinajstić information content (AvgIpc) is 3.21. The van der Waals surface area contributed by atoms with Gasteiger partial charge in [-0.25, -0.2) is 9.97 Å². The van der Waals surface area contributed by atoms with Gasteiger partial charge in [-0.2, -0.15) is 0 Å². The highest BCUT2D eigenvalue weighted by molar-refractivity contribution is 7.18. The van der Waals surface area contributed by atoms with E-state index in [-0.39, 0.29) is 18.0 Å². The van der Waals surface area contributed by atoms with Crippen LogP contribution in [-0.4, -0.2) is 38.4 Å². The van der Waals surface area contributed by atoms with Crippen LogP contribution in [0.15, 0.2) is 16.5 Å². The van der Waals surface area contributed by atoms with E-state index in [9.17, 15) is 9.59 Å². The number of nitrogens with one attached hydrogen (secondary N) is 1. The van der Waals surface area contributed by atoms with E-state index in [4.69, 9.17) is 0 Å². The molecule has 2 atom stereocenters. The van der Waals surface area contributed by atoms with Crippen molar-refractivity contribution < 1.29 is 4.79 Å². The molecule has 4 heterocycles. The highest BCUT2D eigenvalue weighted by Crippen LogP contribution is 2.26. The van der Waals surface area contributed by atoms with E-state index in [0.29, 0.717) is 22.4 Å². The highest BCUT2D eigenvalue weighted by atomic mass is 32.1. The van der Waals surface area contributed by atoms with Crippen LogP contribution in [0.25, 0.3) is 10.2 Å². The Bertz CT molecular complexity index is 1120. The fourth-order valence-corrected chi connectivity index (χ4v) is 5.99. The molecule has 0 unspecified atom stereocenters. The number of anilines is 1. The molecule has 1 aliphatic heterocycles. The predicted molar refractivity (Wildman–Crippen MR) is 122 cm³/mol. The maximum absolute atomic E-state index is 12.8. The monoisotopic (exact) mass is 445 g/mol. The number of piperidine rings is 1. The summed E-state index contributed by atoms with van der Waals surface area (Å²) in [6, 6.07) is 0. The molecule has 3 aromatic rings. The maximum Gasteiger partial charge on any atom is 0.262 e. The second kappa shape index (κ2) is 8.56. The van der Waals surface area contributed by atoms with Crippen LogP contribution < -0.4 is 10.9 Å². The van der Waals surface area contributed by atoms with Crippen molar-refractivity contribution in [1.29, 1.82) is 0 Å². The van der Waals surface area contributed by atoms with Crippen molar-refractivity contribution in [2.24, 2.45) is 11.8 Å². The molecule has 0 aromatic carbocycles. The van der Waals surface area contributed by atoms with Crippen molar-refractivity contribution in [3.05, 3.63) is 38.2 Å². The minimum Gasteiger partial charge on any atom is -0.300 e. The molecule has 1 aliphatic rings. The van der Waals surface area contributed by atoms with E-state index in [1.54, 1.807) is 0 Å². The van der Waals surface area contributed by atoms with Crippen molar-refractivity contribution in [3.8, 4) is 0 Å². The van der Waals surface area contributed by atoms with Gasteiger partial charge < -0.3 is 5.32 Å². The van der Waals surface area contributed by atoms with Crippen LogP contribution in [0.2, 0.25) is 0 Å². The molecule has 9 heteroatoms. The lowest BCUT2D eigenvalue weighted by Gasteiger charge is -2.34. The van der Waals surface area contributed by atoms with Gasteiger partial charge >= 0.3 is 0 Å². The van der Waals surface area contributed by atoms with Crippen molar-refractivity contribution >= 4 is 43.9 Å². The molecular formula is C21H27N5O2S2. The molecule has 1 N–H and O–H groups in total. The number of carbonyl (C=O) groups is 1. The summed E-state index contributed by atoms with van der Waals surface area (Å²) in [7, 11) is 0. The van der Waals surface area contributed by atoms with E-state index in [1.807, 2.05) is 19.2 Å². The number of likely N-dealkylation sites (tertiary alicyclic amines) is 1. The number of thiophene rings is 1. The molecule has 1 fully saturated rings. The first-order chi connectivity index (χ1) is 14.3. The Balaban J connectivity index is 1.40. The molecule has 0 bridgehead atoms. The number of hydrogen-bond donors (Lipinski definition) is 1. The van der Waals surface area contributed by atoms with E-state index in [0.717, 1.165) is 40.6 Å². The molecule has 7 nitrogen and oxygen atoms in total. The number of carbonyl (C=O) groups excluding carboxylic acids is 1. The van der Waals surface area contributed by atoms with Gasteiger partial charge in [0.25, 0.3) is 5.56 Å². The lowest BCUT2D eigenvalue weighted by Crippen LogP contribution is -2.38. The SMILES string of the molecule is Cc1sc2ncn(CC(=O)Nc3nc(CN4C[C@@H](C)C[C@H](C)C4)cs3)c(=O)c2c1C. The number of aromatic nitrogens is 3. The molecule has 0 spiro atoms. The predicted octanol–water partition coefficient (Wildman–Crippen LogP) is 3.65. The van der Waals surface area contributed by atoms with Gasteiger partial charge in [-0.05, 0) is 37.7 Å². The molecule has 4 rings (SSSR count). The Hall–Kier alpha value is -2.10. The average molecular weight is 446 g/mol. The fourth-order valence-electron chi connectivity index (χ4n) is 4.28. The summed E-state index contributed by atoms with van der Waals surface area (Å²) in [4.78, 5) is 38.4. The first kappa shape index (κ1) is 21.1. The number of nitrogens with zero attached hydrogens (tertiary/aromatic N) is 4. The Morgan fingerprint density at radius 3 is 2.73 bits per heavy atom. The van der Waals surface area contributed by atoms with Gasteiger partial charge in [0.2, 0.25) is 5.91 Å². The van der Waals surface area contributed by atoms with Gasteiger partial charge in [-0.15, -0.1) is 22.7 Å². The second-order valence-electron chi connectivity index (χ2n) is 8.47. The smallest absolute Gasteiger partial charge is 0.262 e. The summed E-state index contributed by atoms with van der Waals surface area (Å²) >= 11 is 2.92. The molecular weight excluding hydrogens is 418 g/mol. The molecule has 3 aromatic heterocycles. The van der Waals surface area contributed by atoms with Crippen LogP contribution in [0.3, 0.4) is 0 Å². The van der Waals surface area contributed by atoms with Crippen molar-refractivity contribution in [2.45, 2.75) is 47.2 Å². The van der Waals surface area contributed by atoms with Crippen molar-refractivity contribution in [3.63, 3.8) is 0 Å². The number of hydrogen-bond acceptors (Lipinski definition) is 7. The third-order valence-corrected chi connectivity index (χ3v) is 7.52. The zero-order valence-electron chi connectivity index (χ0n) is 17.8. The number of thiazole rings is 1. The largest absolute Gasteiger partial charge is 0.300 e. The van der Waals surface area contributed by atoms with Gasteiger partial charge in [0, 0.05) is 29.9 Å². The third-order valence-electron chi connectivity index (χ3n) is 5.60. The summed E-state index contributed by atoms with van der Waals surface area (Å²) in [5.41, 5.74) is 1.74. The van der Waals surface area contributed by atoms with Crippen LogP contribution in [-0.2, 0) is 17.9 Å². The van der Waals surface area contributed by atoms with Gasteiger partial charge in [0.1, 0.15) is 11.4 Å². The molecule has 0 radical (unpaired) electrons. The van der Waals surface area contributed by atoms with Crippen LogP contribution in [0.5, 0.6) is 0 Å². The molecule has 0 saturated carbocycles. The molecule has 1 saturated heterocycles. The van der Waals surface area contributed by atoms with Gasteiger partial charge in [-0.3, -0.25) is 19.1 Å². The number of fused-ring (bicyclic) bond motifs is 1. The third kappa shape index (κ3) is 4.48. The Morgan fingerprint density at radius 2 is 2.00 bits per heavy atom. The van der Waals surface area contributed by atoms with Crippen molar-refractivity contribution in [1.82, 2.24) is 19.4 Å². The zero-order chi connectivity index (χ0) is 21.4. The molecule has 1 amide bonds. The summed E-state index contributed by atoms with van der Waals surface area (Å²) < 4.78 is 1.36. The van der Waals surface area contributed by atoms with E-state index in [2.05, 4.69) is 34.0 Å². The van der Waals surface area contributed by atoms with E-state index < -0.39 is 0 Å². The Kier molecular flexibility index (Phi) is 6.04. The van der Waals surface area contributed by atoms with Crippen LogP contribution in [0, 0.1) is 25.7 Å². The lowest BCUT2D eigenvalue weighted by molar-refractivity contribution is -0.116. The first-order valence-corrected chi connectivity index (χ1v) is 11.9. The zero-order valence-corrected chi connectivity index (χ0v) is 19.4. The minimum atomic E-state index is -0.274. The number of rotatable bonds is 5. The highest BCUT2D eigenvalue weighted by Gasteiger charge is 2.22. The lowest BCUT2D eigenvalue weighted by atomic mass is 9.92. The summed E-state index contributed by atoms with van der Waals surface area (Å²) in [5, 5.41) is 6.00. The van der Waals surface area contributed by atoms with Gasteiger partial charge in [-0.1, -0.05) is 13.8 Å². The number of aryl methyl sites for hydroxylation is 2. The van der Waals surface area contributed by atoms with E-state index >= 15 is 0 Å². The summed E-state index contributed by atoms with van der Waals surface area (Å²) in [6.07, 6.45) is 2.73. The van der Waals surface area contributed by atoms with E-state index in [1.165, 1.54) is 40.0 Å². The van der Waals surface area contributed by atoms with Gasteiger partial charge in [0.05, 0.1) is 17.4 Å².